The van der Waals surface area contributed by atoms with Gasteiger partial charge in [-0.25, -0.2) is 0 Å². The molecule has 1 saturated heterocycles. The molecule has 0 radical (unpaired) electrons. The summed E-state index contributed by atoms with van der Waals surface area (Å²) in [5.74, 6) is 0.672. The molecule has 120 valence electrons. The smallest absolute Gasteiger partial charge is 0.254 e. The molecule has 2 aromatic rings. The number of benzene rings is 2. The van der Waals surface area contributed by atoms with Crippen molar-refractivity contribution >= 4 is 17.5 Å². The van der Waals surface area contributed by atoms with Crippen LogP contribution < -0.4 is 10.5 Å². The van der Waals surface area contributed by atoms with Crippen molar-refractivity contribution in [2.75, 3.05) is 13.1 Å². The van der Waals surface area contributed by atoms with Crippen molar-refractivity contribution in [3.8, 4) is 5.75 Å². The van der Waals surface area contributed by atoms with Crippen LogP contribution >= 0.6 is 11.6 Å². The molecule has 1 amide bonds. The lowest BCUT2D eigenvalue weighted by molar-refractivity contribution is 0.0790. The van der Waals surface area contributed by atoms with E-state index in [4.69, 9.17) is 22.1 Å². The molecule has 1 atom stereocenters. The van der Waals surface area contributed by atoms with Crippen molar-refractivity contribution < 1.29 is 9.53 Å². The third-order valence-corrected chi connectivity index (χ3v) is 4.12. The van der Waals surface area contributed by atoms with Gasteiger partial charge in [-0.15, -0.1) is 0 Å². The number of rotatable bonds is 4. The average Bonchev–Trinajstić information content (AvgIpc) is 2.99. The van der Waals surface area contributed by atoms with Crippen molar-refractivity contribution in [2.24, 2.45) is 5.73 Å². The van der Waals surface area contributed by atoms with Crippen molar-refractivity contribution in [1.82, 2.24) is 4.90 Å². The molecule has 0 spiro atoms. The molecule has 0 saturated carbocycles. The molecule has 1 fully saturated rings. The summed E-state index contributed by atoms with van der Waals surface area (Å²) >= 11 is 5.96. The van der Waals surface area contributed by atoms with E-state index in [0.29, 0.717) is 36.0 Å². The van der Waals surface area contributed by atoms with E-state index in [9.17, 15) is 4.79 Å². The van der Waals surface area contributed by atoms with E-state index in [-0.39, 0.29) is 11.9 Å². The van der Waals surface area contributed by atoms with Crippen LogP contribution in [0.4, 0.5) is 0 Å². The fourth-order valence-electron chi connectivity index (χ4n) is 2.67. The first-order valence-electron chi connectivity index (χ1n) is 7.64. The predicted octanol–water partition coefficient (Wildman–Crippen LogP) is 3.09. The van der Waals surface area contributed by atoms with Gasteiger partial charge in [-0.1, -0.05) is 29.8 Å². The number of likely N-dealkylation sites (tertiary alicyclic amines) is 1. The number of nitrogens with two attached hydrogens (primary N) is 1. The molecule has 0 bridgehead atoms. The maximum Gasteiger partial charge on any atom is 0.254 e. The predicted molar refractivity (Wildman–Crippen MR) is 90.7 cm³/mol. The summed E-state index contributed by atoms with van der Waals surface area (Å²) in [7, 11) is 0. The molecule has 1 aliphatic rings. The summed E-state index contributed by atoms with van der Waals surface area (Å²) in [5, 5.41) is 0.681. The first-order valence-corrected chi connectivity index (χ1v) is 8.02. The van der Waals surface area contributed by atoms with E-state index in [1.54, 1.807) is 17.0 Å². The second-order valence-corrected chi connectivity index (χ2v) is 6.18. The van der Waals surface area contributed by atoms with Crippen molar-refractivity contribution in [3.05, 3.63) is 64.7 Å². The zero-order chi connectivity index (χ0) is 16.2. The average molecular weight is 331 g/mol. The molecule has 2 N–H and O–H groups in total. The van der Waals surface area contributed by atoms with E-state index >= 15 is 0 Å². The minimum Gasteiger partial charge on any atom is -0.489 e. The highest BCUT2D eigenvalue weighted by Crippen LogP contribution is 2.19. The Kier molecular flexibility index (Phi) is 4.84. The Bertz CT molecular complexity index is 705. The second-order valence-electron chi connectivity index (χ2n) is 5.75. The Balaban J connectivity index is 1.66. The molecule has 0 aliphatic carbocycles. The lowest BCUT2D eigenvalue weighted by atomic mass is 10.2. The molecule has 3 rings (SSSR count). The highest BCUT2D eigenvalue weighted by Gasteiger charge is 2.24. The van der Waals surface area contributed by atoms with Gasteiger partial charge >= 0.3 is 0 Å². The summed E-state index contributed by atoms with van der Waals surface area (Å²) in [6.07, 6.45) is 0.858. The summed E-state index contributed by atoms with van der Waals surface area (Å²) in [6.45, 7) is 1.74. The van der Waals surface area contributed by atoms with Gasteiger partial charge in [-0.05, 0) is 42.3 Å². The number of amides is 1. The zero-order valence-electron chi connectivity index (χ0n) is 12.7. The normalized spacial score (nSPS) is 17.3. The molecular weight excluding hydrogens is 312 g/mol. The van der Waals surface area contributed by atoms with Gasteiger partial charge in [0.2, 0.25) is 0 Å². The Morgan fingerprint density at radius 2 is 2.09 bits per heavy atom. The van der Waals surface area contributed by atoms with E-state index in [1.165, 1.54) is 0 Å². The van der Waals surface area contributed by atoms with Crippen LogP contribution in [0, 0.1) is 0 Å². The highest BCUT2D eigenvalue weighted by atomic mass is 35.5. The number of halogens is 1. The number of hydrogen-bond acceptors (Lipinski definition) is 3. The lowest BCUT2D eigenvalue weighted by Crippen LogP contribution is -2.31. The molecule has 0 aromatic heterocycles. The summed E-state index contributed by atoms with van der Waals surface area (Å²) in [6, 6.07) is 14.9. The molecule has 0 unspecified atom stereocenters. The van der Waals surface area contributed by atoms with Gasteiger partial charge in [-0.2, -0.15) is 0 Å². The molecule has 5 heteroatoms. The van der Waals surface area contributed by atoms with Crippen molar-refractivity contribution in [1.29, 1.82) is 0 Å². The second kappa shape index (κ2) is 7.02. The van der Waals surface area contributed by atoms with Gasteiger partial charge in [0.25, 0.3) is 5.91 Å². The topological polar surface area (TPSA) is 55.6 Å². The third-order valence-electron chi connectivity index (χ3n) is 3.89. The van der Waals surface area contributed by atoms with E-state index < -0.39 is 0 Å². The molecule has 1 aliphatic heterocycles. The standard InChI is InChI=1S/C18H19ClN2O2/c19-15-5-1-3-13(9-15)12-23-17-6-2-4-14(10-17)18(22)21-8-7-16(20)11-21/h1-6,9-10,16H,7-8,11-12,20H2/t16-/m0/s1. The lowest BCUT2D eigenvalue weighted by Gasteiger charge is -2.16. The fraction of sp³-hybridized carbons (Fsp3) is 0.278. The minimum absolute atomic E-state index is 0.00570. The van der Waals surface area contributed by atoms with Gasteiger partial charge in [0.05, 0.1) is 0 Å². The van der Waals surface area contributed by atoms with Crippen LogP contribution in [0.25, 0.3) is 0 Å². The Morgan fingerprint density at radius 1 is 1.26 bits per heavy atom. The molecular formula is C18H19ClN2O2. The minimum atomic E-state index is 0.00570. The van der Waals surface area contributed by atoms with Gasteiger partial charge in [0, 0.05) is 29.7 Å². The van der Waals surface area contributed by atoms with E-state index in [1.807, 2.05) is 36.4 Å². The van der Waals surface area contributed by atoms with E-state index in [2.05, 4.69) is 0 Å². The van der Waals surface area contributed by atoms with Crippen molar-refractivity contribution in [3.63, 3.8) is 0 Å². The first-order chi connectivity index (χ1) is 11.1. The van der Waals surface area contributed by atoms with Crippen LogP contribution in [0.15, 0.2) is 48.5 Å². The van der Waals surface area contributed by atoms with E-state index in [0.717, 1.165) is 12.0 Å². The van der Waals surface area contributed by atoms with Crippen LogP contribution in [0.1, 0.15) is 22.3 Å². The van der Waals surface area contributed by atoms with Crippen molar-refractivity contribution in [2.45, 2.75) is 19.1 Å². The highest BCUT2D eigenvalue weighted by molar-refractivity contribution is 6.30. The monoisotopic (exact) mass is 330 g/mol. The van der Waals surface area contributed by atoms with Crippen LogP contribution in [0.3, 0.4) is 0 Å². The number of nitrogens with zero attached hydrogens (tertiary/aromatic N) is 1. The third kappa shape index (κ3) is 4.03. The summed E-state index contributed by atoms with van der Waals surface area (Å²) in [4.78, 5) is 14.3. The zero-order valence-corrected chi connectivity index (χ0v) is 13.5. The molecule has 23 heavy (non-hydrogen) atoms. The summed E-state index contributed by atoms with van der Waals surface area (Å²) < 4.78 is 5.77. The van der Waals surface area contributed by atoms with Crippen LogP contribution in [0.2, 0.25) is 5.02 Å². The maximum atomic E-state index is 12.5. The Hall–Kier alpha value is -2.04. The molecule has 2 aromatic carbocycles. The van der Waals surface area contributed by atoms with Crippen LogP contribution in [-0.4, -0.2) is 29.9 Å². The van der Waals surface area contributed by atoms with Crippen LogP contribution in [-0.2, 0) is 6.61 Å². The Labute approximate surface area is 140 Å². The van der Waals surface area contributed by atoms with Gasteiger partial charge in [-0.3, -0.25) is 4.79 Å². The first kappa shape index (κ1) is 15.8. The number of carbonyl (C=O) groups is 1. The summed E-state index contributed by atoms with van der Waals surface area (Å²) in [5.41, 5.74) is 7.48. The SMILES string of the molecule is N[C@H]1CCN(C(=O)c2cccc(OCc3cccc(Cl)c3)c2)C1. The number of hydrogen-bond donors (Lipinski definition) is 1. The Morgan fingerprint density at radius 3 is 2.83 bits per heavy atom. The van der Waals surface area contributed by atoms with Crippen LogP contribution in [0.5, 0.6) is 5.75 Å². The number of carbonyl (C=O) groups excluding carboxylic acids is 1. The fourth-order valence-corrected chi connectivity index (χ4v) is 2.88. The van der Waals surface area contributed by atoms with Gasteiger partial charge < -0.3 is 15.4 Å². The van der Waals surface area contributed by atoms with Gasteiger partial charge in [0.1, 0.15) is 12.4 Å². The quantitative estimate of drug-likeness (QED) is 0.937. The number of ether oxygens (including phenoxy) is 1. The molecule has 4 nitrogen and oxygen atoms in total. The van der Waals surface area contributed by atoms with Gasteiger partial charge in [0.15, 0.2) is 0 Å². The largest absolute Gasteiger partial charge is 0.489 e. The molecule has 1 heterocycles. The maximum absolute atomic E-state index is 12.5.